The van der Waals surface area contributed by atoms with E-state index >= 15 is 0 Å². The summed E-state index contributed by atoms with van der Waals surface area (Å²) in [5.41, 5.74) is 3.50. The van der Waals surface area contributed by atoms with E-state index in [4.69, 9.17) is 0 Å². The maximum atomic E-state index is 13.5. The molecule has 4 rings (SSSR count). The van der Waals surface area contributed by atoms with Gasteiger partial charge in [-0.15, -0.1) is 11.3 Å². The van der Waals surface area contributed by atoms with Gasteiger partial charge in [0.2, 0.25) is 5.91 Å². The number of rotatable bonds is 4. The van der Waals surface area contributed by atoms with Crippen LogP contribution >= 0.6 is 11.3 Å². The summed E-state index contributed by atoms with van der Waals surface area (Å²) in [5.74, 6) is -0.314. The van der Waals surface area contributed by atoms with Crippen LogP contribution < -0.4 is 5.32 Å². The number of anilines is 1. The number of hydrogen-bond donors (Lipinski definition) is 1. The average molecular weight is 455 g/mol. The Morgan fingerprint density at radius 3 is 2.35 bits per heavy atom. The molecule has 162 valence electrons. The molecule has 1 N–H and O–H groups in total. The Balaban J connectivity index is 1.72. The first-order valence-corrected chi connectivity index (χ1v) is 12.5. The molecule has 0 spiro atoms. The molecule has 0 bridgehead atoms. The minimum absolute atomic E-state index is 0.161. The number of hydrogen-bond acceptors (Lipinski definition) is 4. The van der Waals surface area contributed by atoms with Crippen LogP contribution in [0.4, 0.5) is 5.69 Å². The van der Waals surface area contributed by atoms with Gasteiger partial charge in [0, 0.05) is 12.2 Å². The summed E-state index contributed by atoms with van der Waals surface area (Å²) < 4.78 is 28.4. The molecule has 3 aromatic rings. The molecule has 1 aliphatic heterocycles. The molecule has 7 heteroatoms. The van der Waals surface area contributed by atoms with Gasteiger partial charge in [-0.1, -0.05) is 69.3 Å². The molecule has 2 heterocycles. The van der Waals surface area contributed by atoms with Crippen LogP contribution in [0.1, 0.15) is 37.5 Å². The lowest BCUT2D eigenvalue weighted by molar-refractivity contribution is -0.120. The molecular weight excluding hydrogens is 428 g/mol. The Morgan fingerprint density at radius 2 is 1.68 bits per heavy atom. The number of carbonyl (C=O) groups is 1. The van der Waals surface area contributed by atoms with Crippen LogP contribution in [-0.4, -0.2) is 24.7 Å². The highest BCUT2D eigenvalue weighted by atomic mass is 32.2. The third-order valence-electron chi connectivity index (χ3n) is 5.56. The van der Waals surface area contributed by atoms with Crippen LogP contribution in [0.2, 0.25) is 0 Å². The number of thiophene rings is 1. The molecule has 1 aliphatic rings. The number of benzene rings is 2. The van der Waals surface area contributed by atoms with Crippen molar-refractivity contribution in [3.8, 4) is 0 Å². The highest BCUT2D eigenvalue weighted by molar-refractivity contribution is 7.91. The summed E-state index contributed by atoms with van der Waals surface area (Å²) in [6, 6.07) is 17.9. The summed E-state index contributed by atoms with van der Waals surface area (Å²) in [4.78, 5) is 13.5. The first kappa shape index (κ1) is 21.7. The highest BCUT2D eigenvalue weighted by Gasteiger charge is 2.40. The number of fused-ring (bicyclic) bond motifs is 1. The number of nitrogens with one attached hydrogen (secondary N) is 1. The molecule has 1 amide bonds. The van der Waals surface area contributed by atoms with E-state index < -0.39 is 16.1 Å². The summed E-state index contributed by atoms with van der Waals surface area (Å²) >= 11 is 1.17. The maximum Gasteiger partial charge on any atom is 0.253 e. The largest absolute Gasteiger partial charge is 0.324 e. The third kappa shape index (κ3) is 4.31. The Hall–Kier alpha value is -2.48. The van der Waals surface area contributed by atoms with Crippen molar-refractivity contribution in [1.82, 2.24) is 4.31 Å². The van der Waals surface area contributed by atoms with E-state index in [0.29, 0.717) is 12.1 Å². The molecule has 2 aromatic carbocycles. The molecule has 0 saturated carbocycles. The van der Waals surface area contributed by atoms with E-state index in [2.05, 4.69) is 26.1 Å². The molecule has 5 nitrogen and oxygen atoms in total. The number of para-hydroxylation sites is 1. The predicted octanol–water partition coefficient (Wildman–Crippen LogP) is 4.80. The topological polar surface area (TPSA) is 66.5 Å². The van der Waals surface area contributed by atoms with E-state index in [-0.39, 0.29) is 22.1 Å². The van der Waals surface area contributed by atoms with Gasteiger partial charge >= 0.3 is 0 Å². The Morgan fingerprint density at radius 1 is 1.00 bits per heavy atom. The van der Waals surface area contributed by atoms with E-state index in [0.717, 1.165) is 16.7 Å². The molecule has 0 radical (unpaired) electrons. The SMILES string of the molecule is CC(C)(C)c1ccccc1NC(=O)C1Cc2ccccc2CN1S(=O)(=O)c1cccs1. The van der Waals surface area contributed by atoms with Crippen LogP contribution in [0.3, 0.4) is 0 Å². The predicted molar refractivity (Wildman–Crippen MR) is 125 cm³/mol. The van der Waals surface area contributed by atoms with Gasteiger partial charge in [-0.3, -0.25) is 4.79 Å². The smallest absolute Gasteiger partial charge is 0.253 e. The van der Waals surface area contributed by atoms with Gasteiger partial charge in [0.05, 0.1) is 0 Å². The number of sulfonamides is 1. The van der Waals surface area contributed by atoms with E-state index in [9.17, 15) is 13.2 Å². The first-order valence-electron chi connectivity index (χ1n) is 10.2. The fraction of sp³-hybridized carbons (Fsp3) is 0.292. The Kier molecular flexibility index (Phi) is 5.77. The standard InChI is InChI=1S/C24H26N2O3S2/c1-24(2,3)19-11-6-7-12-20(19)25-23(27)21-15-17-9-4-5-10-18(17)16-26(21)31(28,29)22-13-8-14-30-22/h4-14,21H,15-16H2,1-3H3,(H,25,27). The van der Waals surface area contributed by atoms with E-state index in [1.54, 1.807) is 17.5 Å². The molecule has 0 aliphatic carbocycles. The van der Waals surface area contributed by atoms with Gasteiger partial charge in [0.25, 0.3) is 10.0 Å². The second-order valence-electron chi connectivity index (χ2n) is 8.76. The minimum atomic E-state index is -3.80. The highest BCUT2D eigenvalue weighted by Crippen LogP contribution is 2.33. The Bertz CT molecular complexity index is 1200. The van der Waals surface area contributed by atoms with Gasteiger partial charge in [0.1, 0.15) is 10.3 Å². The second kappa shape index (κ2) is 8.22. The summed E-state index contributed by atoms with van der Waals surface area (Å²) in [6.45, 7) is 6.43. The zero-order valence-corrected chi connectivity index (χ0v) is 19.5. The fourth-order valence-electron chi connectivity index (χ4n) is 3.96. The number of carbonyl (C=O) groups excluding carboxylic acids is 1. The molecule has 1 atom stereocenters. The van der Waals surface area contributed by atoms with Crippen molar-refractivity contribution in [3.05, 3.63) is 82.7 Å². The van der Waals surface area contributed by atoms with Crippen molar-refractivity contribution in [2.45, 2.75) is 49.4 Å². The molecule has 31 heavy (non-hydrogen) atoms. The van der Waals surface area contributed by atoms with E-state index in [1.807, 2.05) is 48.5 Å². The van der Waals surface area contributed by atoms with Gasteiger partial charge in [-0.25, -0.2) is 8.42 Å². The van der Waals surface area contributed by atoms with Gasteiger partial charge in [-0.2, -0.15) is 4.31 Å². The van der Waals surface area contributed by atoms with Crippen molar-refractivity contribution in [2.24, 2.45) is 0 Å². The molecule has 0 saturated heterocycles. The van der Waals surface area contributed by atoms with Crippen molar-refractivity contribution in [1.29, 1.82) is 0 Å². The summed E-state index contributed by atoms with van der Waals surface area (Å²) in [6.07, 6.45) is 0.338. The normalized spacial score (nSPS) is 17.2. The van der Waals surface area contributed by atoms with Crippen molar-refractivity contribution in [3.63, 3.8) is 0 Å². The number of amides is 1. The quantitative estimate of drug-likeness (QED) is 0.616. The zero-order valence-electron chi connectivity index (χ0n) is 17.8. The van der Waals surface area contributed by atoms with Crippen LogP contribution in [-0.2, 0) is 33.2 Å². The van der Waals surface area contributed by atoms with Crippen molar-refractivity contribution in [2.75, 3.05) is 5.32 Å². The lowest BCUT2D eigenvalue weighted by Gasteiger charge is -2.35. The lowest BCUT2D eigenvalue weighted by Crippen LogP contribution is -2.50. The maximum absolute atomic E-state index is 13.5. The van der Waals surface area contributed by atoms with Gasteiger partial charge < -0.3 is 5.32 Å². The van der Waals surface area contributed by atoms with Gasteiger partial charge in [0.15, 0.2) is 0 Å². The molecule has 0 fully saturated rings. The zero-order chi connectivity index (χ0) is 22.2. The van der Waals surface area contributed by atoms with Crippen molar-refractivity contribution < 1.29 is 13.2 Å². The van der Waals surface area contributed by atoms with Crippen LogP contribution in [0.15, 0.2) is 70.3 Å². The lowest BCUT2D eigenvalue weighted by atomic mass is 9.85. The monoisotopic (exact) mass is 454 g/mol. The Labute approximate surface area is 187 Å². The molecular formula is C24H26N2O3S2. The van der Waals surface area contributed by atoms with Crippen molar-refractivity contribution >= 4 is 33.0 Å². The van der Waals surface area contributed by atoms with Crippen LogP contribution in [0.5, 0.6) is 0 Å². The van der Waals surface area contributed by atoms with Crippen LogP contribution in [0.25, 0.3) is 0 Å². The number of nitrogens with zero attached hydrogens (tertiary/aromatic N) is 1. The summed E-state index contributed by atoms with van der Waals surface area (Å²) in [5, 5.41) is 4.76. The molecule has 1 aromatic heterocycles. The minimum Gasteiger partial charge on any atom is -0.324 e. The van der Waals surface area contributed by atoms with E-state index in [1.165, 1.54) is 15.6 Å². The second-order valence-corrected chi connectivity index (χ2v) is 11.8. The van der Waals surface area contributed by atoms with Gasteiger partial charge in [-0.05, 0) is 46.0 Å². The fourth-order valence-corrected chi connectivity index (χ4v) is 6.65. The van der Waals surface area contributed by atoms with Crippen LogP contribution in [0, 0.1) is 0 Å². The summed E-state index contributed by atoms with van der Waals surface area (Å²) in [7, 11) is -3.80. The molecule has 1 unspecified atom stereocenters. The average Bonchev–Trinajstić information content (AvgIpc) is 3.28. The first-order chi connectivity index (χ1) is 14.7. The third-order valence-corrected chi connectivity index (χ3v) is 8.79.